The molecular formula is C27H31N3O. The second-order valence-electron chi connectivity index (χ2n) is 8.18. The van der Waals surface area contributed by atoms with Crippen LogP contribution in [0.5, 0.6) is 0 Å². The fourth-order valence-electron chi connectivity index (χ4n) is 3.59. The van der Waals surface area contributed by atoms with Gasteiger partial charge in [-0.2, -0.15) is 0 Å². The van der Waals surface area contributed by atoms with Gasteiger partial charge in [-0.1, -0.05) is 48.5 Å². The minimum atomic E-state index is -0.203. The van der Waals surface area contributed by atoms with E-state index in [2.05, 4.69) is 62.3 Å². The largest absolute Gasteiger partial charge is 0.397 e. The fourth-order valence-corrected chi connectivity index (χ4v) is 3.59. The number of carbonyl (C=O) groups is 1. The van der Waals surface area contributed by atoms with Crippen molar-refractivity contribution in [3.05, 3.63) is 100 Å². The zero-order chi connectivity index (χ0) is 22.4. The summed E-state index contributed by atoms with van der Waals surface area (Å²) in [6.07, 6.45) is 3.33. The molecular weight excluding hydrogens is 382 g/mol. The van der Waals surface area contributed by atoms with Crippen molar-refractivity contribution in [1.82, 2.24) is 4.90 Å². The van der Waals surface area contributed by atoms with Crippen LogP contribution in [0.15, 0.2) is 66.7 Å². The van der Waals surface area contributed by atoms with Crippen LogP contribution < -0.4 is 11.1 Å². The summed E-state index contributed by atoms with van der Waals surface area (Å²) in [5.74, 6) is -0.203. The Morgan fingerprint density at radius 2 is 1.55 bits per heavy atom. The third-order valence-corrected chi connectivity index (χ3v) is 5.52. The summed E-state index contributed by atoms with van der Waals surface area (Å²) in [4.78, 5) is 14.4. The molecule has 0 bridgehead atoms. The van der Waals surface area contributed by atoms with E-state index in [4.69, 9.17) is 5.73 Å². The predicted octanol–water partition coefficient (Wildman–Crippen LogP) is 5.48. The molecule has 3 rings (SSSR count). The van der Waals surface area contributed by atoms with Crippen molar-refractivity contribution in [1.29, 1.82) is 0 Å². The van der Waals surface area contributed by atoms with Gasteiger partial charge < -0.3 is 11.1 Å². The van der Waals surface area contributed by atoms with E-state index in [0.717, 1.165) is 18.7 Å². The Bertz CT molecular complexity index is 1060. The van der Waals surface area contributed by atoms with Gasteiger partial charge in [-0.25, -0.2) is 0 Å². The van der Waals surface area contributed by atoms with Crippen LogP contribution in [0, 0.1) is 20.8 Å². The summed E-state index contributed by atoms with van der Waals surface area (Å²) >= 11 is 0. The molecule has 1 amide bonds. The number of amides is 1. The lowest BCUT2D eigenvalue weighted by Gasteiger charge is -2.18. The molecule has 4 nitrogen and oxygen atoms in total. The Morgan fingerprint density at radius 1 is 0.935 bits per heavy atom. The smallest absolute Gasteiger partial charge is 0.248 e. The highest BCUT2D eigenvalue weighted by atomic mass is 16.1. The number of hydrogen-bond donors (Lipinski definition) is 2. The summed E-state index contributed by atoms with van der Waals surface area (Å²) in [7, 11) is 2.14. The van der Waals surface area contributed by atoms with Crippen LogP contribution in [-0.4, -0.2) is 17.9 Å². The summed E-state index contributed by atoms with van der Waals surface area (Å²) in [5.41, 5.74) is 14.6. The summed E-state index contributed by atoms with van der Waals surface area (Å²) in [6, 6.07) is 20.1. The molecule has 0 aliphatic carbocycles. The molecule has 0 unspecified atom stereocenters. The summed E-state index contributed by atoms with van der Waals surface area (Å²) in [6.45, 7) is 8.30. The van der Waals surface area contributed by atoms with E-state index in [1.165, 1.54) is 33.9 Å². The van der Waals surface area contributed by atoms with Crippen molar-refractivity contribution >= 4 is 23.4 Å². The van der Waals surface area contributed by atoms with Crippen molar-refractivity contribution in [2.24, 2.45) is 0 Å². The second kappa shape index (κ2) is 10.1. The average molecular weight is 414 g/mol. The molecule has 0 radical (unpaired) electrons. The number of nitrogens with zero attached hydrogens (tertiary/aromatic N) is 1. The molecule has 0 aliphatic rings. The number of nitrogens with one attached hydrogen (secondary N) is 1. The molecule has 0 saturated heterocycles. The Balaban J connectivity index is 1.55. The van der Waals surface area contributed by atoms with Crippen LogP contribution in [0.1, 0.15) is 33.4 Å². The zero-order valence-corrected chi connectivity index (χ0v) is 18.8. The van der Waals surface area contributed by atoms with Crippen LogP contribution in [0.4, 0.5) is 11.4 Å². The fraction of sp³-hybridized carbons (Fsp3) is 0.222. The third kappa shape index (κ3) is 6.30. The normalized spacial score (nSPS) is 11.3. The van der Waals surface area contributed by atoms with Gasteiger partial charge in [-0.15, -0.1) is 0 Å². The van der Waals surface area contributed by atoms with E-state index in [-0.39, 0.29) is 5.91 Å². The minimum absolute atomic E-state index is 0.203. The molecule has 0 aromatic heterocycles. The molecule has 0 aliphatic heterocycles. The van der Waals surface area contributed by atoms with E-state index in [1.54, 1.807) is 18.2 Å². The molecule has 0 heterocycles. The molecule has 0 saturated carbocycles. The standard InChI is InChI=1S/C27H31N3O/c1-19-15-24(16-20(2)21(19)3)18-30(4)17-23-11-9-22(10-12-23)13-14-27(31)29-26-8-6-5-7-25(26)28/h5-16H,17-18,28H2,1-4H3,(H,29,31)/b14-13+. The van der Waals surface area contributed by atoms with Gasteiger partial charge in [0.05, 0.1) is 11.4 Å². The van der Waals surface area contributed by atoms with Crippen molar-refractivity contribution in [2.75, 3.05) is 18.1 Å². The number of carbonyl (C=O) groups excluding carboxylic acids is 1. The number of para-hydroxylation sites is 2. The first-order chi connectivity index (χ1) is 14.8. The van der Waals surface area contributed by atoms with E-state index >= 15 is 0 Å². The van der Waals surface area contributed by atoms with Gasteiger partial charge >= 0.3 is 0 Å². The zero-order valence-electron chi connectivity index (χ0n) is 18.8. The van der Waals surface area contributed by atoms with Gasteiger partial charge in [0.2, 0.25) is 5.91 Å². The lowest BCUT2D eigenvalue weighted by Crippen LogP contribution is -2.17. The molecule has 0 spiro atoms. The number of aryl methyl sites for hydroxylation is 2. The molecule has 3 N–H and O–H groups in total. The Kier molecular flexibility index (Phi) is 7.27. The first-order valence-electron chi connectivity index (χ1n) is 10.5. The van der Waals surface area contributed by atoms with E-state index in [9.17, 15) is 4.79 Å². The minimum Gasteiger partial charge on any atom is -0.397 e. The maximum Gasteiger partial charge on any atom is 0.248 e. The van der Waals surface area contributed by atoms with Gasteiger partial charge in [0.25, 0.3) is 0 Å². The second-order valence-corrected chi connectivity index (χ2v) is 8.18. The lowest BCUT2D eigenvalue weighted by atomic mass is 10.0. The molecule has 0 fully saturated rings. The Hall–Kier alpha value is -3.37. The van der Waals surface area contributed by atoms with Gasteiger partial charge in [-0.05, 0) is 79.4 Å². The maximum atomic E-state index is 12.1. The van der Waals surface area contributed by atoms with Crippen LogP contribution in [0.2, 0.25) is 0 Å². The summed E-state index contributed by atoms with van der Waals surface area (Å²) < 4.78 is 0. The third-order valence-electron chi connectivity index (χ3n) is 5.52. The SMILES string of the molecule is Cc1cc(CN(C)Cc2ccc(/C=C/C(=O)Nc3ccccc3N)cc2)cc(C)c1C. The number of nitrogens with two attached hydrogens (primary N) is 1. The molecule has 160 valence electrons. The van der Waals surface area contributed by atoms with Gasteiger partial charge in [0, 0.05) is 19.2 Å². The van der Waals surface area contributed by atoms with E-state index < -0.39 is 0 Å². The molecule has 31 heavy (non-hydrogen) atoms. The quantitative estimate of drug-likeness (QED) is 0.398. The number of anilines is 2. The predicted molar refractivity (Wildman–Crippen MR) is 131 cm³/mol. The van der Waals surface area contributed by atoms with Crippen LogP contribution in [0.3, 0.4) is 0 Å². The first-order valence-corrected chi connectivity index (χ1v) is 10.5. The maximum absolute atomic E-state index is 12.1. The number of rotatable bonds is 7. The van der Waals surface area contributed by atoms with Crippen LogP contribution in [0.25, 0.3) is 6.08 Å². The average Bonchev–Trinajstić information content (AvgIpc) is 2.73. The Morgan fingerprint density at radius 3 is 2.19 bits per heavy atom. The summed E-state index contributed by atoms with van der Waals surface area (Å²) in [5, 5.41) is 2.79. The van der Waals surface area contributed by atoms with E-state index in [1.807, 2.05) is 24.3 Å². The topological polar surface area (TPSA) is 58.4 Å². The van der Waals surface area contributed by atoms with Gasteiger partial charge in [0.1, 0.15) is 0 Å². The monoisotopic (exact) mass is 413 g/mol. The highest BCUT2D eigenvalue weighted by molar-refractivity contribution is 6.03. The van der Waals surface area contributed by atoms with Crippen molar-refractivity contribution < 1.29 is 4.79 Å². The molecule has 0 atom stereocenters. The number of nitrogen functional groups attached to an aromatic ring is 1. The number of benzene rings is 3. The van der Waals surface area contributed by atoms with Crippen LogP contribution >= 0.6 is 0 Å². The van der Waals surface area contributed by atoms with Crippen LogP contribution in [-0.2, 0) is 17.9 Å². The molecule has 4 heteroatoms. The van der Waals surface area contributed by atoms with Gasteiger partial charge in [-0.3, -0.25) is 9.69 Å². The van der Waals surface area contributed by atoms with E-state index in [0.29, 0.717) is 11.4 Å². The van der Waals surface area contributed by atoms with Gasteiger partial charge in [0.15, 0.2) is 0 Å². The van der Waals surface area contributed by atoms with Crippen molar-refractivity contribution in [3.8, 4) is 0 Å². The molecule has 3 aromatic carbocycles. The highest BCUT2D eigenvalue weighted by Gasteiger charge is 2.06. The highest BCUT2D eigenvalue weighted by Crippen LogP contribution is 2.18. The number of hydrogen-bond acceptors (Lipinski definition) is 3. The first kappa shape index (κ1) is 22.3. The van der Waals surface area contributed by atoms with Crippen molar-refractivity contribution in [3.63, 3.8) is 0 Å². The lowest BCUT2D eigenvalue weighted by molar-refractivity contribution is -0.111. The Labute approximate surface area is 185 Å². The van der Waals surface area contributed by atoms with Crippen molar-refractivity contribution in [2.45, 2.75) is 33.9 Å². The molecule has 3 aromatic rings.